The van der Waals surface area contributed by atoms with E-state index >= 15 is 0 Å². The van der Waals surface area contributed by atoms with Crippen LogP contribution in [0.25, 0.3) is 11.1 Å². The van der Waals surface area contributed by atoms with E-state index in [1.54, 1.807) is 16.7 Å². The van der Waals surface area contributed by atoms with Crippen molar-refractivity contribution in [3.05, 3.63) is 60.2 Å². The van der Waals surface area contributed by atoms with Crippen LogP contribution < -0.4 is 0 Å². The van der Waals surface area contributed by atoms with Crippen LogP contribution in [0.1, 0.15) is 25.3 Å². The number of nitrogens with zero attached hydrogens (tertiary/aromatic N) is 1. The Labute approximate surface area is 157 Å². The third-order valence-electron chi connectivity index (χ3n) is 5.16. The number of thioether (sulfide) groups is 1. The van der Waals surface area contributed by atoms with Gasteiger partial charge >= 0.3 is 5.97 Å². The van der Waals surface area contributed by atoms with Gasteiger partial charge in [-0.15, -0.1) is 11.8 Å². The number of esters is 1. The maximum absolute atomic E-state index is 12.5. The Morgan fingerprint density at radius 2 is 1.85 bits per heavy atom. The van der Waals surface area contributed by atoms with Crippen LogP contribution in [0.5, 0.6) is 0 Å². The lowest BCUT2D eigenvalue weighted by atomic mass is 10.0. The summed E-state index contributed by atoms with van der Waals surface area (Å²) in [7, 11) is 0. The predicted molar refractivity (Wildman–Crippen MR) is 102 cm³/mol. The molecule has 2 aliphatic rings. The van der Waals surface area contributed by atoms with Gasteiger partial charge in [-0.05, 0) is 30.0 Å². The number of rotatable bonds is 4. The maximum atomic E-state index is 12.5. The molecule has 1 amide bonds. The summed E-state index contributed by atoms with van der Waals surface area (Å²) in [6.07, 6.45) is 1.33. The number of carbonyl (C=O) groups is 2. The quantitative estimate of drug-likeness (QED) is 0.770. The van der Waals surface area contributed by atoms with Gasteiger partial charge in [0.25, 0.3) is 0 Å². The fourth-order valence-corrected chi connectivity index (χ4v) is 5.09. The lowest BCUT2D eigenvalue weighted by Crippen LogP contribution is -2.46. The van der Waals surface area contributed by atoms with E-state index in [0.29, 0.717) is 12.2 Å². The molecule has 0 N–H and O–H groups in total. The highest BCUT2D eigenvalue weighted by Gasteiger charge is 2.53. The van der Waals surface area contributed by atoms with Crippen LogP contribution in [0.15, 0.2) is 54.6 Å². The van der Waals surface area contributed by atoms with E-state index in [9.17, 15) is 9.59 Å². The molecule has 5 heteroatoms. The molecule has 0 spiro atoms. The van der Waals surface area contributed by atoms with Crippen LogP contribution in [-0.2, 0) is 20.9 Å². The first-order valence-electron chi connectivity index (χ1n) is 8.84. The molecule has 2 aromatic carbocycles. The van der Waals surface area contributed by atoms with E-state index in [4.69, 9.17) is 4.74 Å². The zero-order valence-electron chi connectivity index (χ0n) is 14.7. The van der Waals surface area contributed by atoms with Crippen LogP contribution >= 0.6 is 11.8 Å². The van der Waals surface area contributed by atoms with Crippen molar-refractivity contribution in [2.24, 2.45) is 0 Å². The van der Waals surface area contributed by atoms with Crippen molar-refractivity contribution in [3.63, 3.8) is 0 Å². The second-order valence-corrected chi connectivity index (χ2v) is 8.44. The highest BCUT2D eigenvalue weighted by atomic mass is 32.2. The minimum Gasteiger partial charge on any atom is -0.459 e. The second-order valence-electron chi connectivity index (χ2n) is 6.94. The Morgan fingerprint density at radius 1 is 1.15 bits per heavy atom. The van der Waals surface area contributed by atoms with Crippen molar-refractivity contribution in [3.8, 4) is 11.1 Å². The Balaban J connectivity index is 1.38. The Kier molecular flexibility index (Phi) is 4.49. The summed E-state index contributed by atoms with van der Waals surface area (Å²) in [6, 6.07) is 17.7. The van der Waals surface area contributed by atoms with E-state index in [0.717, 1.165) is 23.1 Å². The molecule has 0 aromatic heterocycles. The van der Waals surface area contributed by atoms with Crippen molar-refractivity contribution < 1.29 is 14.3 Å². The third-order valence-corrected chi connectivity index (χ3v) is 6.66. The monoisotopic (exact) mass is 367 g/mol. The van der Waals surface area contributed by atoms with E-state index < -0.39 is 6.04 Å². The average Bonchev–Trinajstić information content (AvgIpc) is 3.17. The average molecular weight is 367 g/mol. The SMILES string of the molecule is C[C@]12CCC(=O)N1[C@H](C(=O)OCc1ccc(-c3ccccc3)cc1)CS2. The second kappa shape index (κ2) is 6.80. The normalized spacial score (nSPS) is 24.6. The molecule has 0 radical (unpaired) electrons. The molecule has 134 valence electrons. The molecule has 2 fully saturated rings. The standard InChI is InChI=1S/C21H21NO3S/c1-21-12-11-19(23)22(21)18(14-26-21)20(24)25-13-15-7-9-17(10-8-15)16-5-3-2-4-6-16/h2-10,18H,11-14H2,1H3/t18-,21-/m0/s1. The molecule has 4 nitrogen and oxygen atoms in total. The van der Waals surface area contributed by atoms with Crippen molar-refractivity contribution in [2.45, 2.75) is 37.3 Å². The number of ether oxygens (including phenoxy) is 1. The van der Waals surface area contributed by atoms with Crippen LogP contribution in [0.2, 0.25) is 0 Å². The van der Waals surface area contributed by atoms with E-state index in [1.165, 1.54) is 0 Å². The fraction of sp³-hybridized carbons (Fsp3) is 0.333. The number of hydrogen-bond acceptors (Lipinski definition) is 4. The molecule has 0 aliphatic carbocycles. The van der Waals surface area contributed by atoms with E-state index in [2.05, 4.69) is 12.1 Å². The van der Waals surface area contributed by atoms with Gasteiger partial charge in [0.1, 0.15) is 12.6 Å². The van der Waals surface area contributed by atoms with Gasteiger partial charge in [0.15, 0.2) is 0 Å². The van der Waals surface area contributed by atoms with Crippen LogP contribution in [-0.4, -0.2) is 33.4 Å². The first-order valence-corrected chi connectivity index (χ1v) is 9.82. The summed E-state index contributed by atoms with van der Waals surface area (Å²) in [5.41, 5.74) is 3.23. The van der Waals surface area contributed by atoms with Gasteiger partial charge in [0.05, 0.1) is 4.87 Å². The predicted octanol–water partition coefficient (Wildman–Crippen LogP) is 3.85. The Hall–Kier alpha value is -2.27. The fourth-order valence-electron chi connectivity index (χ4n) is 3.67. The zero-order chi connectivity index (χ0) is 18.1. The van der Waals surface area contributed by atoms with Gasteiger partial charge in [-0.2, -0.15) is 0 Å². The molecule has 2 aliphatic heterocycles. The number of hydrogen-bond donors (Lipinski definition) is 0. The highest BCUT2D eigenvalue weighted by Crippen LogP contribution is 2.47. The molecular formula is C21H21NO3S. The summed E-state index contributed by atoms with van der Waals surface area (Å²) in [6.45, 7) is 2.27. The van der Waals surface area contributed by atoms with Crippen molar-refractivity contribution in [2.75, 3.05) is 5.75 Å². The zero-order valence-corrected chi connectivity index (χ0v) is 15.5. The summed E-state index contributed by atoms with van der Waals surface area (Å²) in [5.74, 6) is 0.379. The van der Waals surface area contributed by atoms with Gasteiger partial charge in [0.2, 0.25) is 5.91 Å². The van der Waals surface area contributed by atoms with Crippen molar-refractivity contribution in [1.29, 1.82) is 0 Å². The van der Waals surface area contributed by atoms with E-state index in [1.807, 2.05) is 49.4 Å². The first-order chi connectivity index (χ1) is 12.6. The van der Waals surface area contributed by atoms with E-state index in [-0.39, 0.29) is 23.4 Å². The molecule has 26 heavy (non-hydrogen) atoms. The maximum Gasteiger partial charge on any atom is 0.330 e. The smallest absolute Gasteiger partial charge is 0.330 e. The van der Waals surface area contributed by atoms with Crippen LogP contribution in [0.3, 0.4) is 0 Å². The Morgan fingerprint density at radius 3 is 2.58 bits per heavy atom. The summed E-state index contributed by atoms with van der Waals surface area (Å²) in [4.78, 5) is 26.1. The van der Waals surface area contributed by atoms with Gasteiger partial charge in [-0.3, -0.25) is 4.79 Å². The largest absolute Gasteiger partial charge is 0.459 e. The van der Waals surface area contributed by atoms with Gasteiger partial charge < -0.3 is 9.64 Å². The van der Waals surface area contributed by atoms with Crippen LogP contribution in [0.4, 0.5) is 0 Å². The minimum atomic E-state index is -0.455. The first kappa shape index (κ1) is 17.2. The molecule has 0 unspecified atom stereocenters. The summed E-state index contributed by atoms with van der Waals surface area (Å²) in [5, 5.41) is 0. The molecule has 2 aromatic rings. The number of benzene rings is 2. The number of fused-ring (bicyclic) bond motifs is 1. The Bertz CT molecular complexity index is 821. The molecule has 2 heterocycles. The molecule has 0 saturated carbocycles. The topological polar surface area (TPSA) is 46.6 Å². The van der Waals surface area contributed by atoms with Gasteiger partial charge in [-0.25, -0.2) is 4.79 Å². The molecule has 0 bridgehead atoms. The lowest BCUT2D eigenvalue weighted by Gasteiger charge is -2.29. The molecule has 4 rings (SSSR count). The molecule has 2 atom stereocenters. The number of carbonyl (C=O) groups excluding carboxylic acids is 2. The van der Waals surface area contributed by atoms with Gasteiger partial charge in [0, 0.05) is 12.2 Å². The molecule has 2 saturated heterocycles. The minimum absolute atomic E-state index is 0.0617. The van der Waals surface area contributed by atoms with Crippen molar-refractivity contribution >= 4 is 23.6 Å². The highest BCUT2D eigenvalue weighted by molar-refractivity contribution is 8.01. The number of amides is 1. The molecular weight excluding hydrogens is 346 g/mol. The summed E-state index contributed by atoms with van der Waals surface area (Å²) >= 11 is 1.68. The van der Waals surface area contributed by atoms with Gasteiger partial charge in [-0.1, -0.05) is 54.6 Å². The summed E-state index contributed by atoms with van der Waals surface area (Å²) < 4.78 is 5.51. The lowest BCUT2D eigenvalue weighted by molar-refractivity contribution is -0.154. The third kappa shape index (κ3) is 3.12. The van der Waals surface area contributed by atoms with Crippen molar-refractivity contribution in [1.82, 2.24) is 4.90 Å². The van der Waals surface area contributed by atoms with Crippen LogP contribution in [0, 0.1) is 0 Å².